The summed E-state index contributed by atoms with van der Waals surface area (Å²) in [4.78, 5) is 3.47. The van der Waals surface area contributed by atoms with Crippen LogP contribution in [0.1, 0.15) is 212 Å². The van der Waals surface area contributed by atoms with Gasteiger partial charge in [0.05, 0.1) is 12.2 Å². The molecule has 60 heavy (non-hydrogen) atoms. The third-order valence-electron chi connectivity index (χ3n) is 23.3. The molecule has 0 bridgehead atoms. The van der Waals surface area contributed by atoms with Gasteiger partial charge in [-0.25, -0.2) is 0 Å². The van der Waals surface area contributed by atoms with E-state index in [4.69, 9.17) is 4.74 Å². The summed E-state index contributed by atoms with van der Waals surface area (Å²) in [6.45, 7) is 0. The van der Waals surface area contributed by atoms with Gasteiger partial charge >= 0.3 is 0 Å². The van der Waals surface area contributed by atoms with Crippen molar-refractivity contribution in [3.63, 3.8) is 0 Å². The quantitative estimate of drug-likeness (QED) is 0.273. The zero-order valence-electron chi connectivity index (χ0n) is 38.3. The Morgan fingerprint density at radius 1 is 0.317 bits per heavy atom. The van der Waals surface area contributed by atoms with Crippen LogP contribution in [0.3, 0.4) is 0 Å². The fourth-order valence-corrected chi connectivity index (χ4v) is 25.8. The van der Waals surface area contributed by atoms with Crippen molar-refractivity contribution in [2.45, 2.75) is 263 Å². The zero-order valence-corrected chi connectivity index (χ0v) is 39.9. The molecular weight excluding hydrogens is 767 g/mol. The molecule has 0 aromatic rings. The van der Waals surface area contributed by atoms with Crippen LogP contribution in [0.5, 0.6) is 0 Å². The Morgan fingerprint density at radius 3 is 1.87 bits per heavy atom. The van der Waals surface area contributed by atoms with Gasteiger partial charge in [0.25, 0.3) is 0 Å². The first-order chi connectivity index (χ1) is 29.7. The van der Waals surface area contributed by atoms with Crippen molar-refractivity contribution in [3.8, 4) is 0 Å². The monoisotopic (exact) mass is 856 g/mol. The van der Waals surface area contributed by atoms with Gasteiger partial charge in [0.15, 0.2) is 0 Å². The first kappa shape index (κ1) is 40.9. The molecule has 0 amide bonds. The minimum atomic E-state index is 0.586. The maximum Gasteiger partial charge on any atom is 0.0625 e. The Balaban J connectivity index is 0.739. The molecule has 3 aliphatic heterocycles. The van der Waals surface area contributed by atoms with E-state index in [1.165, 1.54) is 64.2 Å². The largest absolute Gasteiger partial charge is 0.374 e. The summed E-state index contributed by atoms with van der Waals surface area (Å²) >= 11 is 5.21. The lowest BCUT2D eigenvalue weighted by atomic mass is 9.55. The van der Waals surface area contributed by atoms with Crippen molar-refractivity contribution in [1.29, 1.82) is 0 Å². The predicted octanol–water partition coefficient (Wildman–Crippen LogP) is 14.8. The highest BCUT2D eigenvalue weighted by Gasteiger charge is 2.60. The molecule has 21 atom stereocenters. The molecule has 13 fully saturated rings. The smallest absolute Gasteiger partial charge is 0.0625 e. The first-order valence-corrected chi connectivity index (χ1v) is 30.4. The van der Waals surface area contributed by atoms with Crippen molar-refractivity contribution < 1.29 is 4.74 Å². The second-order valence-electron chi connectivity index (χ2n) is 25.4. The molecule has 10 saturated carbocycles. The van der Waals surface area contributed by atoms with E-state index in [9.17, 15) is 0 Å². The van der Waals surface area contributed by atoms with E-state index in [1.54, 1.807) is 148 Å². The Bertz CT molecular complexity index is 1480. The van der Waals surface area contributed by atoms with Crippen LogP contribution in [0.25, 0.3) is 0 Å². The molecule has 21 unspecified atom stereocenters. The standard InChI is InChI=1S/C56H89NOS2/c1-2-13-41-35(10-1)22-23-36-24-25-37(33-47(36)41)34-26-28-39(29-27-34)57(48-18-9-20-50-53(48)45-14-3-5-19-49(45)58-50)40-12-7-11-38(32-40)42-16-8-17-43-44-30-31-52-54(56(44)60-55(42)43)46-15-4-6-21-51(46)59-52/h34-56H,1-33H2. The van der Waals surface area contributed by atoms with Crippen molar-refractivity contribution in [2.24, 2.45) is 82.9 Å². The third kappa shape index (κ3) is 7.18. The van der Waals surface area contributed by atoms with Crippen LogP contribution in [0.4, 0.5) is 0 Å². The second kappa shape index (κ2) is 17.4. The van der Waals surface area contributed by atoms with Gasteiger partial charge in [-0.2, -0.15) is 23.5 Å². The van der Waals surface area contributed by atoms with Crippen LogP contribution in [-0.2, 0) is 4.74 Å². The normalized spacial score (nSPS) is 56.2. The van der Waals surface area contributed by atoms with E-state index in [2.05, 4.69) is 28.4 Å². The Labute approximate surface area is 377 Å². The molecule has 13 aliphatic rings. The van der Waals surface area contributed by atoms with Gasteiger partial charge in [-0.3, -0.25) is 4.90 Å². The number of thioether (sulfide) groups is 2. The van der Waals surface area contributed by atoms with E-state index >= 15 is 0 Å². The lowest BCUT2D eigenvalue weighted by Crippen LogP contribution is -2.58. The molecule has 3 saturated heterocycles. The fourth-order valence-electron chi connectivity index (χ4n) is 21.0. The molecule has 0 radical (unpaired) electrons. The van der Waals surface area contributed by atoms with Gasteiger partial charge in [-0.05, 0) is 225 Å². The number of ether oxygens (including phenoxy) is 1. The van der Waals surface area contributed by atoms with E-state index in [0.717, 1.165) is 122 Å². The average molecular weight is 856 g/mol. The number of rotatable bonds is 5. The number of nitrogens with zero attached hydrogens (tertiary/aromatic N) is 1. The van der Waals surface area contributed by atoms with E-state index in [-0.39, 0.29) is 0 Å². The highest BCUT2D eigenvalue weighted by atomic mass is 32.2. The van der Waals surface area contributed by atoms with E-state index < -0.39 is 0 Å². The van der Waals surface area contributed by atoms with Crippen LogP contribution < -0.4 is 0 Å². The molecule has 13 rings (SSSR count). The van der Waals surface area contributed by atoms with Gasteiger partial charge in [0, 0.05) is 45.0 Å². The first-order valence-electron chi connectivity index (χ1n) is 28.5. The van der Waals surface area contributed by atoms with Gasteiger partial charge in [-0.15, -0.1) is 0 Å². The van der Waals surface area contributed by atoms with Crippen molar-refractivity contribution >= 4 is 23.5 Å². The van der Waals surface area contributed by atoms with Crippen molar-refractivity contribution in [3.05, 3.63) is 0 Å². The highest BCUT2D eigenvalue weighted by Crippen LogP contribution is 2.66. The minimum absolute atomic E-state index is 0.586. The molecular formula is C56H89NOS2. The van der Waals surface area contributed by atoms with Gasteiger partial charge in [0.2, 0.25) is 0 Å². The number of hydrogen-bond acceptors (Lipinski definition) is 4. The van der Waals surface area contributed by atoms with Crippen molar-refractivity contribution in [2.75, 3.05) is 0 Å². The molecule has 0 aromatic heterocycles. The lowest BCUT2D eigenvalue weighted by molar-refractivity contribution is -0.0582. The molecule has 0 aromatic carbocycles. The van der Waals surface area contributed by atoms with Gasteiger partial charge in [-0.1, -0.05) is 64.2 Å². The average Bonchev–Trinajstić information content (AvgIpc) is 4.01. The molecule has 336 valence electrons. The lowest BCUT2D eigenvalue weighted by Gasteiger charge is -2.54. The Kier molecular flexibility index (Phi) is 11.8. The van der Waals surface area contributed by atoms with Gasteiger partial charge < -0.3 is 4.74 Å². The summed E-state index contributed by atoms with van der Waals surface area (Å²) in [5, 5.41) is 4.12. The zero-order chi connectivity index (χ0) is 39.3. The Morgan fingerprint density at radius 2 is 0.967 bits per heavy atom. The molecule has 10 aliphatic carbocycles. The summed E-state index contributed by atoms with van der Waals surface area (Å²) in [6, 6.07) is 2.56. The summed E-state index contributed by atoms with van der Waals surface area (Å²) in [7, 11) is 0. The van der Waals surface area contributed by atoms with Crippen LogP contribution in [0.15, 0.2) is 0 Å². The predicted molar refractivity (Wildman–Crippen MR) is 253 cm³/mol. The minimum Gasteiger partial charge on any atom is -0.374 e. The topological polar surface area (TPSA) is 12.5 Å². The number of fused-ring (bicyclic) bond motifs is 13. The summed E-state index contributed by atoms with van der Waals surface area (Å²) in [5.41, 5.74) is 0. The van der Waals surface area contributed by atoms with Crippen LogP contribution in [-0.4, -0.2) is 56.2 Å². The van der Waals surface area contributed by atoms with Crippen LogP contribution >= 0.6 is 23.5 Å². The molecule has 0 spiro atoms. The fraction of sp³-hybridized carbons (Fsp3) is 1.00. The SMILES string of the molecule is C1CCC2C(C1)CCC1CCC(C3CCC(N(C4CCCC(C5CCCC6C7CCC8SC9CCCCC9C8C7SC56)C4)C4CCCC5OC6CCCCC6C54)CC3)CC12. The molecule has 3 heterocycles. The highest BCUT2D eigenvalue weighted by molar-refractivity contribution is 8.02. The third-order valence-corrected chi connectivity index (χ3v) is 27.1. The van der Waals surface area contributed by atoms with E-state index in [0.29, 0.717) is 12.2 Å². The van der Waals surface area contributed by atoms with E-state index in [1.807, 2.05) is 0 Å². The second-order valence-corrected chi connectivity index (χ2v) is 28.3. The van der Waals surface area contributed by atoms with Crippen LogP contribution in [0, 0.1) is 82.9 Å². The number of hydrogen-bond donors (Lipinski definition) is 0. The maximum atomic E-state index is 7.14. The summed E-state index contributed by atoms with van der Waals surface area (Å²) in [6.07, 6.45) is 52.2. The molecule has 4 heteroatoms. The molecule has 0 N–H and O–H groups in total. The maximum absolute atomic E-state index is 7.14. The Hall–Kier alpha value is 0.620. The van der Waals surface area contributed by atoms with Crippen LogP contribution in [0.2, 0.25) is 0 Å². The summed E-state index contributed by atoms with van der Waals surface area (Å²) in [5.74, 6) is 14.7. The summed E-state index contributed by atoms with van der Waals surface area (Å²) < 4.78 is 7.14. The van der Waals surface area contributed by atoms with Gasteiger partial charge in [0.1, 0.15) is 0 Å². The van der Waals surface area contributed by atoms with Crippen molar-refractivity contribution in [1.82, 2.24) is 4.90 Å². The molecule has 2 nitrogen and oxygen atoms in total.